The number of carbonyl (C=O) groups is 1. The van der Waals surface area contributed by atoms with Crippen LogP contribution in [0.25, 0.3) is 10.9 Å². The molecule has 1 aliphatic heterocycles. The standard InChI is InChI=1S/C24H27N3O4S/c1-3-27(4-2)32(29,30)21-12-9-19(10-13-21)24(28)26-16-15-20(17-26)31-23-14-11-18-7-5-6-8-22(18)25-23/h5-14,20H,3-4,15-17H2,1-2H3. The fraction of sp³-hybridized carbons (Fsp3) is 0.333. The molecule has 1 unspecified atom stereocenters. The van der Waals surface area contributed by atoms with E-state index in [0.29, 0.717) is 44.0 Å². The van der Waals surface area contributed by atoms with Gasteiger partial charge in [0.1, 0.15) is 6.10 Å². The van der Waals surface area contributed by atoms with Crippen molar-refractivity contribution in [3.05, 3.63) is 66.2 Å². The van der Waals surface area contributed by atoms with Crippen molar-refractivity contribution in [1.82, 2.24) is 14.2 Å². The molecule has 8 heteroatoms. The highest BCUT2D eigenvalue weighted by molar-refractivity contribution is 7.89. The van der Waals surface area contributed by atoms with E-state index in [4.69, 9.17) is 4.74 Å². The maximum absolute atomic E-state index is 12.9. The summed E-state index contributed by atoms with van der Waals surface area (Å²) in [6, 6.07) is 17.8. The summed E-state index contributed by atoms with van der Waals surface area (Å²) in [5, 5.41) is 1.05. The van der Waals surface area contributed by atoms with E-state index in [1.54, 1.807) is 30.9 Å². The van der Waals surface area contributed by atoms with Crippen molar-refractivity contribution >= 4 is 26.8 Å². The summed E-state index contributed by atoms with van der Waals surface area (Å²) in [6.45, 7) is 5.46. The lowest BCUT2D eigenvalue weighted by atomic mass is 10.2. The second kappa shape index (κ2) is 9.26. The highest BCUT2D eigenvalue weighted by Gasteiger charge is 2.29. The topological polar surface area (TPSA) is 79.8 Å². The molecule has 0 spiro atoms. The zero-order chi connectivity index (χ0) is 22.7. The molecule has 4 rings (SSSR count). The van der Waals surface area contributed by atoms with Crippen molar-refractivity contribution in [1.29, 1.82) is 0 Å². The molecular weight excluding hydrogens is 426 g/mol. The number of nitrogens with zero attached hydrogens (tertiary/aromatic N) is 3. The average Bonchev–Trinajstić information content (AvgIpc) is 3.27. The van der Waals surface area contributed by atoms with Crippen LogP contribution in [-0.2, 0) is 10.0 Å². The van der Waals surface area contributed by atoms with Crippen molar-refractivity contribution in [3.8, 4) is 5.88 Å². The molecule has 0 radical (unpaired) electrons. The Labute approximate surface area is 188 Å². The molecule has 2 heterocycles. The Bertz CT molecular complexity index is 1210. The lowest BCUT2D eigenvalue weighted by Crippen LogP contribution is -2.31. The Morgan fingerprint density at radius 2 is 1.78 bits per heavy atom. The first kappa shape index (κ1) is 22.2. The van der Waals surface area contributed by atoms with E-state index in [1.807, 2.05) is 36.4 Å². The third kappa shape index (κ3) is 4.47. The van der Waals surface area contributed by atoms with Crippen molar-refractivity contribution < 1.29 is 17.9 Å². The normalized spacial score (nSPS) is 16.6. The Morgan fingerprint density at radius 1 is 1.06 bits per heavy atom. The number of amides is 1. The minimum Gasteiger partial charge on any atom is -0.472 e. The minimum atomic E-state index is -3.54. The number of fused-ring (bicyclic) bond motifs is 1. The quantitative estimate of drug-likeness (QED) is 0.547. The van der Waals surface area contributed by atoms with Crippen LogP contribution in [0.4, 0.5) is 0 Å². The summed E-state index contributed by atoms with van der Waals surface area (Å²) in [5.74, 6) is 0.420. The van der Waals surface area contributed by atoms with Crippen LogP contribution in [0.15, 0.2) is 65.6 Å². The van der Waals surface area contributed by atoms with Crippen LogP contribution in [0.1, 0.15) is 30.6 Å². The number of carbonyl (C=O) groups excluding carboxylic acids is 1. The van der Waals surface area contributed by atoms with E-state index in [9.17, 15) is 13.2 Å². The van der Waals surface area contributed by atoms with Crippen LogP contribution in [-0.4, -0.2) is 60.8 Å². The van der Waals surface area contributed by atoms with Gasteiger partial charge in [-0.15, -0.1) is 0 Å². The second-order valence-electron chi connectivity index (χ2n) is 7.74. The van der Waals surface area contributed by atoms with E-state index >= 15 is 0 Å². The number of ether oxygens (including phenoxy) is 1. The monoisotopic (exact) mass is 453 g/mol. The van der Waals surface area contributed by atoms with Crippen LogP contribution < -0.4 is 4.74 Å². The Hall–Kier alpha value is -2.97. The van der Waals surface area contributed by atoms with Gasteiger partial charge in [0.2, 0.25) is 15.9 Å². The molecule has 1 saturated heterocycles. The molecule has 1 amide bonds. The molecule has 1 aromatic heterocycles. The lowest BCUT2D eigenvalue weighted by Gasteiger charge is -2.19. The van der Waals surface area contributed by atoms with Crippen molar-refractivity contribution in [2.24, 2.45) is 0 Å². The van der Waals surface area contributed by atoms with Gasteiger partial charge in [0, 0.05) is 43.1 Å². The smallest absolute Gasteiger partial charge is 0.253 e. The summed E-state index contributed by atoms with van der Waals surface area (Å²) < 4.78 is 32.7. The first-order valence-corrected chi connectivity index (χ1v) is 12.3. The summed E-state index contributed by atoms with van der Waals surface area (Å²) >= 11 is 0. The number of hydrogen-bond acceptors (Lipinski definition) is 5. The van der Waals surface area contributed by atoms with E-state index in [0.717, 1.165) is 10.9 Å². The van der Waals surface area contributed by atoms with E-state index < -0.39 is 10.0 Å². The number of hydrogen-bond donors (Lipinski definition) is 0. The Morgan fingerprint density at radius 3 is 2.50 bits per heavy atom. The van der Waals surface area contributed by atoms with Gasteiger partial charge in [-0.2, -0.15) is 4.31 Å². The van der Waals surface area contributed by atoms with Gasteiger partial charge >= 0.3 is 0 Å². The fourth-order valence-corrected chi connectivity index (χ4v) is 5.42. The predicted octanol–water partition coefficient (Wildman–Crippen LogP) is 3.56. The van der Waals surface area contributed by atoms with E-state index in [-0.39, 0.29) is 16.9 Å². The molecule has 7 nitrogen and oxygen atoms in total. The number of aromatic nitrogens is 1. The molecule has 0 N–H and O–H groups in total. The first-order valence-electron chi connectivity index (χ1n) is 10.8. The average molecular weight is 454 g/mol. The van der Waals surface area contributed by atoms with Gasteiger partial charge in [-0.3, -0.25) is 4.79 Å². The molecule has 168 valence electrons. The van der Waals surface area contributed by atoms with Crippen LogP contribution in [0.5, 0.6) is 5.88 Å². The third-order valence-electron chi connectivity index (χ3n) is 5.74. The highest BCUT2D eigenvalue weighted by Crippen LogP contribution is 2.22. The van der Waals surface area contributed by atoms with E-state index in [1.165, 1.54) is 16.4 Å². The summed E-state index contributed by atoms with van der Waals surface area (Å²) in [5.41, 5.74) is 1.34. The van der Waals surface area contributed by atoms with Crippen LogP contribution in [0.3, 0.4) is 0 Å². The molecule has 1 fully saturated rings. The SMILES string of the molecule is CCN(CC)S(=O)(=O)c1ccc(C(=O)N2CCC(Oc3ccc4ccccc4n3)C2)cc1. The summed E-state index contributed by atoms with van der Waals surface area (Å²) in [6.07, 6.45) is 0.587. The molecule has 32 heavy (non-hydrogen) atoms. The number of benzene rings is 2. The predicted molar refractivity (Wildman–Crippen MR) is 123 cm³/mol. The van der Waals surface area contributed by atoms with Crippen molar-refractivity contribution in [2.75, 3.05) is 26.2 Å². The van der Waals surface area contributed by atoms with Gasteiger partial charge in [0.05, 0.1) is 17.0 Å². The molecule has 2 aromatic carbocycles. The Balaban J connectivity index is 1.41. The number of rotatable bonds is 7. The lowest BCUT2D eigenvalue weighted by molar-refractivity contribution is 0.0771. The van der Waals surface area contributed by atoms with Crippen LogP contribution in [0, 0.1) is 0 Å². The molecule has 0 aliphatic carbocycles. The summed E-state index contributed by atoms with van der Waals surface area (Å²) in [4.78, 5) is 19.4. The van der Waals surface area contributed by atoms with Crippen molar-refractivity contribution in [3.63, 3.8) is 0 Å². The molecular formula is C24H27N3O4S. The molecule has 3 aromatic rings. The van der Waals surface area contributed by atoms with Gasteiger partial charge in [-0.05, 0) is 36.4 Å². The molecule has 0 bridgehead atoms. The van der Waals surface area contributed by atoms with Crippen molar-refractivity contribution in [2.45, 2.75) is 31.3 Å². The minimum absolute atomic E-state index is 0.130. The maximum atomic E-state index is 12.9. The van der Waals surface area contributed by atoms with Gasteiger partial charge in [0.15, 0.2) is 0 Å². The van der Waals surface area contributed by atoms with Gasteiger partial charge < -0.3 is 9.64 Å². The van der Waals surface area contributed by atoms with Gasteiger partial charge in [-0.1, -0.05) is 32.0 Å². The van der Waals surface area contributed by atoms with E-state index in [2.05, 4.69) is 4.98 Å². The second-order valence-corrected chi connectivity index (χ2v) is 9.67. The summed E-state index contributed by atoms with van der Waals surface area (Å²) in [7, 11) is -3.54. The number of pyridine rings is 1. The fourth-order valence-electron chi connectivity index (χ4n) is 3.96. The van der Waals surface area contributed by atoms with Crippen LogP contribution >= 0.6 is 0 Å². The zero-order valence-electron chi connectivity index (χ0n) is 18.3. The third-order valence-corrected chi connectivity index (χ3v) is 7.80. The highest BCUT2D eigenvalue weighted by atomic mass is 32.2. The number of para-hydroxylation sites is 1. The molecule has 1 atom stereocenters. The van der Waals surface area contributed by atoms with Crippen LogP contribution in [0.2, 0.25) is 0 Å². The number of likely N-dealkylation sites (tertiary alicyclic amines) is 1. The number of sulfonamides is 1. The first-order chi connectivity index (χ1) is 15.4. The maximum Gasteiger partial charge on any atom is 0.253 e. The largest absolute Gasteiger partial charge is 0.472 e. The molecule has 0 saturated carbocycles. The molecule has 1 aliphatic rings. The zero-order valence-corrected chi connectivity index (χ0v) is 19.1. The Kier molecular flexibility index (Phi) is 6.43. The van der Waals surface area contributed by atoms with Gasteiger partial charge in [-0.25, -0.2) is 13.4 Å². The van der Waals surface area contributed by atoms with Gasteiger partial charge in [0.25, 0.3) is 5.91 Å².